The highest BCUT2D eigenvalue weighted by Gasteiger charge is 2.24. The highest BCUT2D eigenvalue weighted by Crippen LogP contribution is 2.27. The number of hydrogen-bond acceptors (Lipinski definition) is 2. The number of halogens is 1. The van der Waals surface area contributed by atoms with E-state index in [4.69, 9.17) is 0 Å². The summed E-state index contributed by atoms with van der Waals surface area (Å²) in [6.07, 6.45) is 4.03. The van der Waals surface area contributed by atoms with Crippen LogP contribution in [0, 0.1) is 5.82 Å². The number of rotatable bonds is 3. The molecule has 0 atom stereocenters. The van der Waals surface area contributed by atoms with Gasteiger partial charge in [0.15, 0.2) is 0 Å². The third kappa shape index (κ3) is 3.12. The van der Waals surface area contributed by atoms with Crippen molar-refractivity contribution in [1.29, 1.82) is 0 Å². The minimum Gasteiger partial charge on any atom is -0.327 e. The molecule has 4 rings (SSSR count). The van der Waals surface area contributed by atoms with E-state index in [2.05, 4.69) is 14.9 Å². The lowest BCUT2D eigenvalue weighted by Crippen LogP contribution is -2.16. The normalized spacial score (nSPS) is 13.7. The zero-order valence-electron chi connectivity index (χ0n) is 14.4. The topological polar surface area (TPSA) is 46.9 Å². The van der Waals surface area contributed by atoms with Gasteiger partial charge in [0, 0.05) is 12.1 Å². The predicted octanol–water partition coefficient (Wildman–Crippen LogP) is 4.67. The van der Waals surface area contributed by atoms with Crippen LogP contribution in [0.15, 0.2) is 54.6 Å². The number of carbonyl (C=O) groups is 1. The van der Waals surface area contributed by atoms with Gasteiger partial charge in [0.05, 0.1) is 11.4 Å². The van der Waals surface area contributed by atoms with Crippen molar-refractivity contribution in [3.8, 4) is 11.4 Å². The standard InChI is InChI=1S/C21H20FN3O/c22-16-11-6-7-12-17(16)23-21(26)19-18-13-5-2-8-14-25(18)20(24-19)15-9-3-1-4-10-15/h1,3-4,6-7,9-12H,2,5,8,13-14H2,(H,23,26). The molecule has 132 valence electrons. The Morgan fingerprint density at radius 1 is 1.00 bits per heavy atom. The van der Waals surface area contributed by atoms with Crippen LogP contribution in [0.3, 0.4) is 0 Å². The molecule has 3 aromatic rings. The quantitative estimate of drug-likeness (QED) is 0.747. The fraction of sp³-hybridized carbons (Fsp3) is 0.238. The number of aromatic nitrogens is 2. The Hall–Kier alpha value is -2.95. The Balaban J connectivity index is 1.75. The van der Waals surface area contributed by atoms with Crippen molar-refractivity contribution in [3.63, 3.8) is 0 Å². The van der Waals surface area contributed by atoms with Crippen LogP contribution >= 0.6 is 0 Å². The summed E-state index contributed by atoms with van der Waals surface area (Å²) in [5, 5.41) is 2.67. The molecule has 1 amide bonds. The zero-order chi connectivity index (χ0) is 17.9. The number of imidazole rings is 1. The number of nitrogens with zero attached hydrogens (tertiary/aromatic N) is 2. The molecule has 0 bridgehead atoms. The van der Waals surface area contributed by atoms with E-state index in [0.717, 1.165) is 49.3 Å². The van der Waals surface area contributed by atoms with E-state index in [9.17, 15) is 9.18 Å². The largest absolute Gasteiger partial charge is 0.327 e. The van der Waals surface area contributed by atoms with Gasteiger partial charge in [-0.1, -0.05) is 48.9 Å². The highest BCUT2D eigenvalue weighted by atomic mass is 19.1. The van der Waals surface area contributed by atoms with Crippen LogP contribution < -0.4 is 5.32 Å². The molecule has 1 aliphatic rings. The van der Waals surface area contributed by atoms with Crippen molar-refractivity contribution in [2.24, 2.45) is 0 Å². The van der Waals surface area contributed by atoms with Gasteiger partial charge in [0.2, 0.25) is 0 Å². The summed E-state index contributed by atoms with van der Waals surface area (Å²) in [5.41, 5.74) is 2.50. The number of hydrogen-bond donors (Lipinski definition) is 1. The monoisotopic (exact) mass is 349 g/mol. The van der Waals surface area contributed by atoms with Crippen molar-refractivity contribution >= 4 is 11.6 Å². The second-order valence-electron chi connectivity index (χ2n) is 6.49. The van der Waals surface area contributed by atoms with Crippen molar-refractivity contribution in [1.82, 2.24) is 9.55 Å². The summed E-state index contributed by atoms with van der Waals surface area (Å²) >= 11 is 0. The summed E-state index contributed by atoms with van der Waals surface area (Å²) in [5.74, 6) is -0.00135. The van der Waals surface area contributed by atoms with E-state index >= 15 is 0 Å². The van der Waals surface area contributed by atoms with Gasteiger partial charge in [-0.05, 0) is 31.4 Å². The molecule has 0 radical (unpaired) electrons. The first-order chi connectivity index (χ1) is 12.7. The maximum Gasteiger partial charge on any atom is 0.276 e. The number of carbonyl (C=O) groups excluding carboxylic acids is 1. The van der Waals surface area contributed by atoms with Gasteiger partial charge in [-0.15, -0.1) is 0 Å². The van der Waals surface area contributed by atoms with E-state index in [1.54, 1.807) is 18.2 Å². The van der Waals surface area contributed by atoms with Crippen molar-refractivity contribution < 1.29 is 9.18 Å². The van der Waals surface area contributed by atoms with E-state index in [1.165, 1.54) is 6.07 Å². The molecule has 0 spiro atoms. The third-order valence-corrected chi connectivity index (χ3v) is 4.74. The van der Waals surface area contributed by atoms with Crippen LogP contribution in [-0.2, 0) is 13.0 Å². The van der Waals surface area contributed by atoms with Crippen LogP contribution in [0.25, 0.3) is 11.4 Å². The third-order valence-electron chi connectivity index (χ3n) is 4.74. The highest BCUT2D eigenvalue weighted by molar-refractivity contribution is 6.04. The molecule has 0 saturated carbocycles. The number of anilines is 1. The van der Waals surface area contributed by atoms with Gasteiger partial charge in [0.25, 0.3) is 5.91 Å². The second-order valence-corrected chi connectivity index (χ2v) is 6.49. The van der Waals surface area contributed by atoms with E-state index in [-0.39, 0.29) is 11.6 Å². The van der Waals surface area contributed by atoms with Crippen LogP contribution in [0.5, 0.6) is 0 Å². The lowest BCUT2D eigenvalue weighted by molar-refractivity contribution is 0.102. The second kappa shape index (κ2) is 7.12. The fourth-order valence-corrected chi connectivity index (χ4v) is 3.45. The Kier molecular flexibility index (Phi) is 4.52. The lowest BCUT2D eigenvalue weighted by Gasteiger charge is -2.09. The molecule has 0 fully saturated rings. The SMILES string of the molecule is O=C(Nc1ccccc1F)c1nc(-c2ccccc2)n2c1CCCCC2. The Morgan fingerprint density at radius 3 is 2.58 bits per heavy atom. The molecule has 1 N–H and O–H groups in total. The molecule has 4 nitrogen and oxygen atoms in total. The summed E-state index contributed by atoms with van der Waals surface area (Å²) < 4.78 is 16.1. The molecule has 0 unspecified atom stereocenters. The zero-order valence-corrected chi connectivity index (χ0v) is 14.4. The molecular weight excluding hydrogens is 329 g/mol. The number of nitrogens with one attached hydrogen (secondary N) is 1. The van der Waals surface area contributed by atoms with Gasteiger partial charge in [0.1, 0.15) is 17.3 Å². The minimum absolute atomic E-state index is 0.175. The van der Waals surface area contributed by atoms with Crippen LogP contribution in [0.1, 0.15) is 35.4 Å². The Bertz CT molecular complexity index is 934. The smallest absolute Gasteiger partial charge is 0.276 e. The lowest BCUT2D eigenvalue weighted by atomic mass is 10.1. The Labute approximate surface area is 151 Å². The summed E-state index contributed by atoms with van der Waals surface area (Å²) in [4.78, 5) is 17.5. The molecular formula is C21H20FN3O. The van der Waals surface area contributed by atoms with Crippen molar-refractivity contribution in [2.75, 3.05) is 5.32 Å². The summed E-state index contributed by atoms with van der Waals surface area (Å²) in [6.45, 7) is 0.847. The minimum atomic E-state index is -0.450. The molecule has 0 saturated heterocycles. The number of benzene rings is 2. The maximum absolute atomic E-state index is 13.9. The summed E-state index contributed by atoms with van der Waals surface area (Å²) in [6, 6.07) is 16.1. The number of amides is 1. The fourth-order valence-electron chi connectivity index (χ4n) is 3.45. The van der Waals surface area contributed by atoms with Gasteiger partial charge >= 0.3 is 0 Å². The Morgan fingerprint density at radius 2 is 1.77 bits per heavy atom. The van der Waals surface area contributed by atoms with Gasteiger partial charge in [-0.2, -0.15) is 0 Å². The molecule has 26 heavy (non-hydrogen) atoms. The van der Waals surface area contributed by atoms with Crippen LogP contribution in [0.2, 0.25) is 0 Å². The van der Waals surface area contributed by atoms with Gasteiger partial charge < -0.3 is 9.88 Å². The number of fused-ring (bicyclic) bond motifs is 1. The number of para-hydroxylation sites is 1. The van der Waals surface area contributed by atoms with E-state index in [1.807, 2.05) is 30.3 Å². The average molecular weight is 349 g/mol. The van der Waals surface area contributed by atoms with Gasteiger partial charge in [-0.25, -0.2) is 9.37 Å². The molecule has 1 aliphatic heterocycles. The molecule has 0 aliphatic carbocycles. The first kappa shape index (κ1) is 16.5. The summed E-state index contributed by atoms with van der Waals surface area (Å²) in [7, 11) is 0. The molecule has 1 aromatic heterocycles. The van der Waals surface area contributed by atoms with E-state index < -0.39 is 5.82 Å². The van der Waals surface area contributed by atoms with Gasteiger partial charge in [-0.3, -0.25) is 4.79 Å². The molecule has 5 heteroatoms. The van der Waals surface area contributed by atoms with Crippen molar-refractivity contribution in [2.45, 2.75) is 32.2 Å². The van der Waals surface area contributed by atoms with E-state index in [0.29, 0.717) is 5.69 Å². The van der Waals surface area contributed by atoms with Crippen molar-refractivity contribution in [3.05, 3.63) is 71.8 Å². The maximum atomic E-state index is 13.9. The first-order valence-electron chi connectivity index (χ1n) is 8.95. The first-order valence-corrected chi connectivity index (χ1v) is 8.95. The van der Waals surface area contributed by atoms with Crippen LogP contribution in [0.4, 0.5) is 10.1 Å². The molecule has 2 heterocycles. The van der Waals surface area contributed by atoms with Crippen LogP contribution in [-0.4, -0.2) is 15.5 Å². The average Bonchev–Trinajstić information content (AvgIpc) is 2.86. The molecule has 2 aromatic carbocycles. The predicted molar refractivity (Wildman–Crippen MR) is 99.6 cm³/mol.